The molecule has 0 amide bonds. The number of halogens is 1. The Morgan fingerprint density at radius 2 is 2.40 bits per heavy atom. The van der Waals surface area contributed by atoms with Crippen molar-refractivity contribution in [1.29, 1.82) is 0 Å². The Balaban J connectivity index is 2.44. The van der Waals surface area contributed by atoms with Crippen molar-refractivity contribution in [3.05, 3.63) is 11.9 Å². The van der Waals surface area contributed by atoms with E-state index in [4.69, 9.17) is 10.5 Å². The molecule has 1 unspecified atom stereocenters. The summed E-state index contributed by atoms with van der Waals surface area (Å²) in [5.74, 6) is 0.504. The SMILES string of the molecule is COc1cnn(C)c1C(F)(CN)C1CC1. The summed E-state index contributed by atoms with van der Waals surface area (Å²) in [6.07, 6.45) is 3.31. The van der Waals surface area contributed by atoms with Crippen molar-refractivity contribution in [2.24, 2.45) is 18.7 Å². The van der Waals surface area contributed by atoms with Gasteiger partial charge in [-0.3, -0.25) is 4.68 Å². The first-order valence-electron chi connectivity index (χ1n) is 5.09. The number of alkyl halides is 1. The first kappa shape index (κ1) is 10.4. The average molecular weight is 213 g/mol. The summed E-state index contributed by atoms with van der Waals surface area (Å²) in [6.45, 7) is -0.0203. The highest BCUT2D eigenvalue weighted by atomic mass is 19.1. The largest absolute Gasteiger partial charge is 0.493 e. The third-order valence-corrected chi connectivity index (χ3v) is 3.04. The highest BCUT2D eigenvalue weighted by molar-refractivity contribution is 5.33. The number of nitrogens with two attached hydrogens (primary N) is 1. The zero-order valence-corrected chi connectivity index (χ0v) is 9.03. The van der Waals surface area contributed by atoms with E-state index in [2.05, 4.69) is 5.10 Å². The van der Waals surface area contributed by atoms with Gasteiger partial charge in [-0.15, -0.1) is 0 Å². The molecule has 1 heterocycles. The third-order valence-electron chi connectivity index (χ3n) is 3.04. The Kier molecular flexibility index (Phi) is 2.42. The van der Waals surface area contributed by atoms with Crippen molar-refractivity contribution in [1.82, 2.24) is 9.78 Å². The number of hydrogen-bond acceptors (Lipinski definition) is 3. The van der Waals surface area contributed by atoms with Gasteiger partial charge in [-0.05, 0) is 12.8 Å². The summed E-state index contributed by atoms with van der Waals surface area (Å²) in [6, 6.07) is 0. The lowest BCUT2D eigenvalue weighted by Gasteiger charge is -2.24. The van der Waals surface area contributed by atoms with Crippen LogP contribution in [0.5, 0.6) is 5.75 Å². The van der Waals surface area contributed by atoms with Crippen LogP contribution in [0.25, 0.3) is 0 Å². The van der Waals surface area contributed by atoms with Crippen LogP contribution in [-0.2, 0) is 12.7 Å². The molecule has 84 valence electrons. The molecular weight excluding hydrogens is 197 g/mol. The number of aromatic nitrogens is 2. The van der Waals surface area contributed by atoms with Crippen LogP contribution >= 0.6 is 0 Å². The number of hydrogen-bond donors (Lipinski definition) is 1. The Labute approximate surface area is 88.2 Å². The van der Waals surface area contributed by atoms with Crippen LogP contribution in [0, 0.1) is 5.92 Å². The van der Waals surface area contributed by atoms with Gasteiger partial charge < -0.3 is 10.5 Å². The van der Waals surface area contributed by atoms with Crippen LogP contribution in [0.2, 0.25) is 0 Å². The van der Waals surface area contributed by atoms with E-state index < -0.39 is 5.67 Å². The zero-order valence-electron chi connectivity index (χ0n) is 9.03. The lowest BCUT2D eigenvalue weighted by molar-refractivity contribution is 0.126. The summed E-state index contributed by atoms with van der Waals surface area (Å²) < 4.78 is 21.3. The molecular formula is C10H16FN3O. The first-order valence-corrected chi connectivity index (χ1v) is 5.09. The van der Waals surface area contributed by atoms with Gasteiger partial charge in [0.1, 0.15) is 5.69 Å². The zero-order chi connectivity index (χ0) is 11.1. The molecule has 0 radical (unpaired) electrons. The second kappa shape index (κ2) is 3.48. The molecule has 1 aliphatic rings. The smallest absolute Gasteiger partial charge is 0.170 e. The van der Waals surface area contributed by atoms with Gasteiger partial charge in [-0.1, -0.05) is 0 Å². The number of methoxy groups -OCH3 is 1. The van der Waals surface area contributed by atoms with Crippen LogP contribution < -0.4 is 10.5 Å². The van der Waals surface area contributed by atoms with E-state index in [-0.39, 0.29) is 12.5 Å². The molecule has 0 aliphatic heterocycles. The number of ether oxygens (including phenoxy) is 1. The molecule has 1 saturated carbocycles. The minimum absolute atomic E-state index is 0.0202. The lowest BCUT2D eigenvalue weighted by atomic mass is 9.95. The van der Waals surface area contributed by atoms with Crippen molar-refractivity contribution < 1.29 is 9.13 Å². The molecule has 1 atom stereocenters. The van der Waals surface area contributed by atoms with Crippen LogP contribution in [0.1, 0.15) is 18.5 Å². The van der Waals surface area contributed by atoms with Crippen molar-refractivity contribution in [2.75, 3.05) is 13.7 Å². The Hall–Kier alpha value is -1.10. The topological polar surface area (TPSA) is 53.1 Å². The van der Waals surface area contributed by atoms with Gasteiger partial charge in [-0.2, -0.15) is 5.10 Å². The predicted molar refractivity (Wildman–Crippen MR) is 54.3 cm³/mol. The van der Waals surface area contributed by atoms with E-state index >= 15 is 0 Å². The normalized spacial score (nSPS) is 20.0. The minimum Gasteiger partial charge on any atom is -0.493 e. The standard InChI is InChI=1S/C10H16FN3O/c1-14-9(8(15-2)5-13-14)10(11,6-12)7-3-4-7/h5,7H,3-4,6,12H2,1-2H3. The number of rotatable bonds is 4. The maximum atomic E-state index is 14.7. The summed E-state index contributed by atoms with van der Waals surface area (Å²) in [5.41, 5.74) is 4.54. The van der Waals surface area contributed by atoms with Crippen LogP contribution in [0.3, 0.4) is 0 Å². The van der Waals surface area contributed by atoms with E-state index in [1.165, 1.54) is 18.0 Å². The Morgan fingerprint density at radius 3 is 2.87 bits per heavy atom. The molecule has 0 bridgehead atoms. The second-order valence-electron chi connectivity index (χ2n) is 4.03. The van der Waals surface area contributed by atoms with Gasteiger partial charge in [0.15, 0.2) is 11.4 Å². The van der Waals surface area contributed by atoms with E-state index in [9.17, 15) is 4.39 Å². The average Bonchev–Trinajstić information content (AvgIpc) is 3.02. The molecule has 5 heteroatoms. The molecule has 2 N–H and O–H groups in total. The van der Waals surface area contributed by atoms with Gasteiger partial charge in [-0.25, -0.2) is 4.39 Å². The van der Waals surface area contributed by atoms with Gasteiger partial charge in [0.05, 0.1) is 13.3 Å². The van der Waals surface area contributed by atoms with Crippen molar-refractivity contribution in [2.45, 2.75) is 18.5 Å². The van der Waals surface area contributed by atoms with E-state index in [0.29, 0.717) is 11.4 Å². The van der Waals surface area contributed by atoms with Crippen molar-refractivity contribution >= 4 is 0 Å². The van der Waals surface area contributed by atoms with Crippen LogP contribution in [-0.4, -0.2) is 23.4 Å². The molecule has 0 spiro atoms. The molecule has 1 aliphatic carbocycles. The highest BCUT2D eigenvalue weighted by Gasteiger charge is 2.49. The van der Waals surface area contributed by atoms with Crippen molar-refractivity contribution in [3.8, 4) is 5.75 Å². The fourth-order valence-electron chi connectivity index (χ4n) is 2.04. The summed E-state index contributed by atoms with van der Waals surface area (Å²) in [5, 5.41) is 4.01. The summed E-state index contributed by atoms with van der Waals surface area (Å²) >= 11 is 0. The van der Waals surface area contributed by atoms with E-state index in [1.807, 2.05) is 0 Å². The second-order valence-corrected chi connectivity index (χ2v) is 4.03. The molecule has 2 rings (SSSR count). The molecule has 4 nitrogen and oxygen atoms in total. The quantitative estimate of drug-likeness (QED) is 0.810. The predicted octanol–water partition coefficient (Wildman–Crippen LogP) is 0.962. The highest BCUT2D eigenvalue weighted by Crippen LogP contribution is 2.50. The van der Waals surface area contributed by atoms with E-state index in [1.54, 1.807) is 7.05 Å². The maximum absolute atomic E-state index is 14.7. The fourth-order valence-corrected chi connectivity index (χ4v) is 2.04. The number of aryl methyl sites for hydroxylation is 1. The lowest BCUT2D eigenvalue weighted by Crippen LogP contribution is -2.35. The minimum atomic E-state index is -1.49. The fraction of sp³-hybridized carbons (Fsp3) is 0.700. The molecule has 15 heavy (non-hydrogen) atoms. The number of nitrogens with zero attached hydrogens (tertiary/aromatic N) is 2. The summed E-state index contributed by atoms with van der Waals surface area (Å²) in [4.78, 5) is 0. The Bertz CT molecular complexity index is 362. The van der Waals surface area contributed by atoms with Gasteiger partial charge in [0.2, 0.25) is 0 Å². The van der Waals surface area contributed by atoms with Gasteiger partial charge in [0, 0.05) is 19.5 Å². The van der Waals surface area contributed by atoms with E-state index in [0.717, 1.165) is 12.8 Å². The molecule has 1 fully saturated rings. The monoisotopic (exact) mass is 213 g/mol. The maximum Gasteiger partial charge on any atom is 0.170 e. The van der Waals surface area contributed by atoms with Crippen LogP contribution in [0.15, 0.2) is 6.20 Å². The Morgan fingerprint density at radius 1 is 1.73 bits per heavy atom. The molecule has 1 aromatic heterocycles. The van der Waals surface area contributed by atoms with Crippen LogP contribution in [0.4, 0.5) is 4.39 Å². The van der Waals surface area contributed by atoms with Gasteiger partial charge in [0.25, 0.3) is 0 Å². The third kappa shape index (κ3) is 1.51. The molecule has 0 aromatic carbocycles. The molecule has 1 aromatic rings. The van der Waals surface area contributed by atoms with Crippen molar-refractivity contribution in [3.63, 3.8) is 0 Å². The van der Waals surface area contributed by atoms with Gasteiger partial charge >= 0.3 is 0 Å². The molecule has 0 saturated heterocycles. The first-order chi connectivity index (χ1) is 7.13. The summed E-state index contributed by atoms with van der Waals surface area (Å²) in [7, 11) is 3.23.